The lowest BCUT2D eigenvalue weighted by Gasteiger charge is -2.10. The summed E-state index contributed by atoms with van der Waals surface area (Å²) in [6.07, 6.45) is 2.07. The van der Waals surface area contributed by atoms with E-state index in [1.807, 2.05) is 0 Å². The lowest BCUT2D eigenvalue weighted by molar-refractivity contribution is 0.130. The summed E-state index contributed by atoms with van der Waals surface area (Å²) in [5, 5.41) is 9.50. The number of ether oxygens (including phenoxy) is 1. The average molecular weight is 315 g/mol. The first-order valence-electron chi connectivity index (χ1n) is 7.33. The van der Waals surface area contributed by atoms with E-state index in [4.69, 9.17) is 4.74 Å². The highest BCUT2D eigenvalue weighted by molar-refractivity contribution is 7.89. The van der Waals surface area contributed by atoms with Gasteiger partial charge in [-0.05, 0) is 37.5 Å². The predicted octanol–water partition coefficient (Wildman–Crippen LogP) is 2.23. The maximum atomic E-state index is 12.1. The van der Waals surface area contributed by atoms with Gasteiger partial charge in [-0.1, -0.05) is 25.5 Å². The molecule has 0 saturated heterocycles. The minimum absolute atomic E-state index is 0.174. The third-order valence-electron chi connectivity index (χ3n) is 3.05. The fraction of sp³-hybridized carbons (Fsp3) is 0.600. The van der Waals surface area contributed by atoms with E-state index in [0.717, 1.165) is 19.4 Å². The summed E-state index contributed by atoms with van der Waals surface area (Å²) in [6.45, 7) is 5.31. The maximum Gasteiger partial charge on any atom is 0.240 e. The number of hydrogen-bond acceptors (Lipinski definition) is 4. The van der Waals surface area contributed by atoms with Crippen molar-refractivity contribution in [3.8, 4) is 0 Å². The molecule has 0 spiro atoms. The van der Waals surface area contributed by atoms with E-state index >= 15 is 0 Å². The molecule has 21 heavy (non-hydrogen) atoms. The summed E-state index contributed by atoms with van der Waals surface area (Å²) >= 11 is 0. The molecule has 1 rings (SSSR count). The second kappa shape index (κ2) is 9.15. The summed E-state index contributed by atoms with van der Waals surface area (Å²) in [6, 6.07) is 6.34. The summed E-state index contributed by atoms with van der Waals surface area (Å²) in [5.41, 5.74) is 0.584. The molecule has 1 aromatic carbocycles. The molecule has 0 radical (unpaired) electrons. The molecule has 0 aromatic heterocycles. The van der Waals surface area contributed by atoms with Gasteiger partial charge in [0.2, 0.25) is 10.0 Å². The monoisotopic (exact) mass is 315 g/mol. The van der Waals surface area contributed by atoms with Crippen LogP contribution >= 0.6 is 0 Å². The van der Waals surface area contributed by atoms with Crippen LogP contribution in [0.25, 0.3) is 0 Å². The van der Waals surface area contributed by atoms with E-state index in [1.165, 1.54) is 12.1 Å². The van der Waals surface area contributed by atoms with Crippen LogP contribution in [0.1, 0.15) is 44.8 Å². The molecule has 1 atom stereocenters. The van der Waals surface area contributed by atoms with Crippen LogP contribution in [0.15, 0.2) is 29.2 Å². The molecule has 0 bridgehead atoms. The van der Waals surface area contributed by atoms with Gasteiger partial charge in [-0.15, -0.1) is 0 Å². The Kier molecular flexibility index (Phi) is 7.88. The van der Waals surface area contributed by atoms with Crippen LogP contribution in [0.2, 0.25) is 0 Å². The summed E-state index contributed by atoms with van der Waals surface area (Å²) < 4.78 is 32.1. The van der Waals surface area contributed by atoms with Gasteiger partial charge >= 0.3 is 0 Å². The Morgan fingerprint density at radius 2 is 2.00 bits per heavy atom. The minimum Gasteiger partial charge on any atom is -0.389 e. The highest BCUT2D eigenvalue weighted by Gasteiger charge is 2.14. The molecule has 6 heteroatoms. The van der Waals surface area contributed by atoms with E-state index in [0.29, 0.717) is 25.1 Å². The number of rotatable bonds is 10. The standard InChI is InChI=1S/C15H25NO4S/c1-3-4-10-20-11-6-9-16-21(18,19)15-8-5-7-14(12-15)13(2)17/h5,7-8,12-13,16-17H,3-4,6,9-11H2,1-2H3. The second-order valence-corrected chi connectivity index (χ2v) is 6.73. The van der Waals surface area contributed by atoms with Gasteiger partial charge in [-0.2, -0.15) is 0 Å². The minimum atomic E-state index is -3.53. The van der Waals surface area contributed by atoms with Crippen molar-refractivity contribution >= 4 is 10.0 Å². The van der Waals surface area contributed by atoms with Crippen molar-refractivity contribution in [2.24, 2.45) is 0 Å². The topological polar surface area (TPSA) is 75.6 Å². The van der Waals surface area contributed by atoms with Gasteiger partial charge in [0.05, 0.1) is 11.0 Å². The maximum absolute atomic E-state index is 12.1. The van der Waals surface area contributed by atoms with Crippen LogP contribution in [0.3, 0.4) is 0 Å². The average Bonchev–Trinajstić information content (AvgIpc) is 2.46. The Balaban J connectivity index is 2.45. The van der Waals surface area contributed by atoms with Crippen molar-refractivity contribution in [3.63, 3.8) is 0 Å². The van der Waals surface area contributed by atoms with Crippen molar-refractivity contribution in [3.05, 3.63) is 29.8 Å². The number of unbranched alkanes of at least 4 members (excludes halogenated alkanes) is 1. The van der Waals surface area contributed by atoms with Crippen molar-refractivity contribution in [1.82, 2.24) is 4.72 Å². The smallest absolute Gasteiger partial charge is 0.240 e. The molecular weight excluding hydrogens is 290 g/mol. The normalized spacial score (nSPS) is 13.3. The van der Waals surface area contributed by atoms with Crippen molar-refractivity contribution in [2.45, 2.75) is 44.1 Å². The van der Waals surface area contributed by atoms with Crippen LogP contribution < -0.4 is 4.72 Å². The van der Waals surface area contributed by atoms with Gasteiger partial charge in [-0.3, -0.25) is 0 Å². The zero-order chi connectivity index (χ0) is 15.7. The third-order valence-corrected chi connectivity index (χ3v) is 4.51. The summed E-state index contributed by atoms with van der Waals surface area (Å²) in [4.78, 5) is 0.174. The highest BCUT2D eigenvalue weighted by atomic mass is 32.2. The summed E-state index contributed by atoms with van der Waals surface area (Å²) in [5.74, 6) is 0. The fourth-order valence-corrected chi connectivity index (χ4v) is 2.88. The molecule has 0 amide bonds. The van der Waals surface area contributed by atoms with Crippen LogP contribution in [0.5, 0.6) is 0 Å². The first-order chi connectivity index (χ1) is 9.97. The zero-order valence-corrected chi connectivity index (χ0v) is 13.5. The van der Waals surface area contributed by atoms with Crippen molar-refractivity contribution in [2.75, 3.05) is 19.8 Å². The molecule has 0 saturated carbocycles. The molecule has 1 aromatic rings. The fourth-order valence-electron chi connectivity index (χ4n) is 1.75. The number of aliphatic hydroxyl groups is 1. The van der Waals surface area contributed by atoms with Crippen LogP contribution in [-0.4, -0.2) is 33.3 Å². The Hall–Kier alpha value is -0.950. The molecule has 0 heterocycles. The first kappa shape index (κ1) is 18.1. The van der Waals surface area contributed by atoms with E-state index in [1.54, 1.807) is 19.1 Å². The molecule has 5 nitrogen and oxygen atoms in total. The van der Waals surface area contributed by atoms with Gasteiger partial charge in [0.15, 0.2) is 0 Å². The summed E-state index contributed by atoms with van der Waals surface area (Å²) in [7, 11) is -3.53. The van der Waals surface area contributed by atoms with E-state index in [2.05, 4.69) is 11.6 Å². The van der Waals surface area contributed by atoms with Gasteiger partial charge in [0.25, 0.3) is 0 Å². The largest absolute Gasteiger partial charge is 0.389 e. The Morgan fingerprint density at radius 1 is 1.29 bits per heavy atom. The number of benzene rings is 1. The van der Waals surface area contributed by atoms with Crippen LogP contribution in [0.4, 0.5) is 0 Å². The second-order valence-electron chi connectivity index (χ2n) is 4.97. The molecule has 0 aliphatic heterocycles. The van der Waals surface area contributed by atoms with E-state index < -0.39 is 16.1 Å². The third kappa shape index (κ3) is 6.56. The predicted molar refractivity (Wildman–Crippen MR) is 82.6 cm³/mol. The Bertz CT molecular complexity index is 514. The lowest BCUT2D eigenvalue weighted by atomic mass is 10.1. The molecule has 1 unspecified atom stereocenters. The SMILES string of the molecule is CCCCOCCCNS(=O)(=O)c1cccc(C(C)O)c1. The molecule has 0 aliphatic carbocycles. The van der Waals surface area contributed by atoms with Gasteiger partial charge in [0.1, 0.15) is 0 Å². The highest BCUT2D eigenvalue weighted by Crippen LogP contribution is 2.16. The molecule has 0 fully saturated rings. The van der Waals surface area contributed by atoms with Crippen molar-refractivity contribution in [1.29, 1.82) is 0 Å². The quantitative estimate of drug-likeness (QED) is 0.649. The van der Waals surface area contributed by atoms with Crippen molar-refractivity contribution < 1.29 is 18.3 Å². The number of nitrogens with one attached hydrogen (secondary N) is 1. The molecular formula is C15H25NO4S. The molecule has 2 N–H and O–H groups in total. The number of sulfonamides is 1. The van der Waals surface area contributed by atoms with Gasteiger partial charge < -0.3 is 9.84 Å². The van der Waals surface area contributed by atoms with Gasteiger partial charge in [-0.25, -0.2) is 13.1 Å². The Labute approximate surface area is 127 Å². The number of hydrogen-bond donors (Lipinski definition) is 2. The van der Waals surface area contributed by atoms with Crippen LogP contribution in [-0.2, 0) is 14.8 Å². The first-order valence-corrected chi connectivity index (χ1v) is 8.81. The Morgan fingerprint density at radius 3 is 2.67 bits per heavy atom. The van der Waals surface area contributed by atoms with E-state index in [-0.39, 0.29) is 4.90 Å². The lowest BCUT2D eigenvalue weighted by Crippen LogP contribution is -2.25. The zero-order valence-electron chi connectivity index (χ0n) is 12.7. The number of aliphatic hydroxyl groups excluding tert-OH is 1. The molecule has 120 valence electrons. The molecule has 0 aliphatic rings. The van der Waals surface area contributed by atoms with Crippen LogP contribution in [0, 0.1) is 0 Å². The van der Waals surface area contributed by atoms with E-state index in [9.17, 15) is 13.5 Å². The van der Waals surface area contributed by atoms with Gasteiger partial charge in [0, 0.05) is 19.8 Å².